The second kappa shape index (κ2) is 9.35. The average Bonchev–Trinajstić information content (AvgIpc) is 2.69. The van der Waals surface area contributed by atoms with Crippen molar-refractivity contribution in [2.24, 2.45) is 5.16 Å². The maximum atomic E-state index is 11.0. The van der Waals surface area contributed by atoms with Gasteiger partial charge >= 0.3 is 5.97 Å². The Labute approximate surface area is 163 Å². The van der Waals surface area contributed by atoms with Gasteiger partial charge in [-0.1, -0.05) is 65.3 Å². The molecule has 0 saturated heterocycles. The minimum Gasteiger partial charge on any atom is -0.478 e. The van der Waals surface area contributed by atoms with E-state index in [0.29, 0.717) is 30.3 Å². The number of carbonyl (C=O) groups is 1. The van der Waals surface area contributed by atoms with Crippen LogP contribution in [-0.4, -0.2) is 48.4 Å². The third kappa shape index (κ3) is 5.18. The van der Waals surface area contributed by atoms with E-state index in [1.807, 2.05) is 48.5 Å². The van der Waals surface area contributed by atoms with Crippen molar-refractivity contribution in [1.29, 1.82) is 0 Å². The summed E-state index contributed by atoms with van der Waals surface area (Å²) in [5, 5.41) is 13.8. The molecule has 2 aromatic carbocycles. The summed E-state index contributed by atoms with van der Waals surface area (Å²) in [5.74, 6) is -0.852. The van der Waals surface area contributed by atoms with Crippen molar-refractivity contribution in [1.82, 2.24) is 4.90 Å². The number of halogens is 1. The number of rotatable bonds is 7. The van der Waals surface area contributed by atoms with Crippen LogP contribution in [0.25, 0.3) is 11.1 Å². The molecule has 140 valence electrons. The van der Waals surface area contributed by atoms with Crippen LogP contribution >= 0.6 is 11.6 Å². The van der Waals surface area contributed by atoms with Gasteiger partial charge in [0.15, 0.2) is 0 Å². The van der Waals surface area contributed by atoms with E-state index in [4.69, 9.17) is 21.5 Å². The summed E-state index contributed by atoms with van der Waals surface area (Å²) >= 11 is 6.31. The number of carboxylic acids is 1. The van der Waals surface area contributed by atoms with Gasteiger partial charge in [-0.15, -0.1) is 0 Å². The smallest absolute Gasteiger partial charge is 0.332 e. The topological polar surface area (TPSA) is 62.1 Å². The maximum absolute atomic E-state index is 11.0. The van der Waals surface area contributed by atoms with E-state index in [2.05, 4.69) is 10.1 Å². The molecule has 0 saturated carbocycles. The van der Waals surface area contributed by atoms with Crippen molar-refractivity contribution >= 4 is 23.8 Å². The molecule has 0 radical (unpaired) electrons. The molecule has 0 fully saturated rings. The normalized spacial score (nSPS) is 14.9. The quantitative estimate of drug-likeness (QED) is 0.444. The molecule has 6 heteroatoms. The van der Waals surface area contributed by atoms with E-state index in [1.54, 1.807) is 12.3 Å². The first-order valence-electron chi connectivity index (χ1n) is 8.79. The molecule has 0 spiro atoms. The third-order valence-electron chi connectivity index (χ3n) is 4.39. The lowest BCUT2D eigenvalue weighted by atomic mass is 10.0. The molecule has 2 aromatic rings. The van der Waals surface area contributed by atoms with Gasteiger partial charge in [-0.05, 0) is 18.1 Å². The molecular formula is C21H21ClN2O3. The fourth-order valence-electron chi connectivity index (χ4n) is 3.00. The lowest BCUT2D eigenvalue weighted by Gasteiger charge is -2.24. The van der Waals surface area contributed by atoms with Crippen LogP contribution in [-0.2, 0) is 9.63 Å². The molecule has 1 heterocycles. The molecule has 0 unspecified atom stereocenters. The average molecular weight is 385 g/mol. The van der Waals surface area contributed by atoms with Gasteiger partial charge in [0.2, 0.25) is 0 Å². The van der Waals surface area contributed by atoms with E-state index in [9.17, 15) is 4.79 Å². The number of oxime groups is 1. The Balaban J connectivity index is 1.56. The Bertz CT molecular complexity index is 864. The Hall–Kier alpha value is -2.63. The van der Waals surface area contributed by atoms with Crippen molar-refractivity contribution in [2.75, 3.05) is 26.2 Å². The zero-order valence-corrected chi connectivity index (χ0v) is 15.6. The number of hydrogen-bond acceptors (Lipinski definition) is 4. The van der Waals surface area contributed by atoms with Crippen LogP contribution in [0.15, 0.2) is 65.3 Å². The van der Waals surface area contributed by atoms with Crippen LogP contribution in [0.2, 0.25) is 5.02 Å². The monoisotopic (exact) mass is 384 g/mol. The van der Waals surface area contributed by atoms with Gasteiger partial charge in [-0.2, -0.15) is 0 Å². The molecule has 0 amide bonds. The Kier molecular flexibility index (Phi) is 6.63. The second-order valence-corrected chi connectivity index (χ2v) is 6.64. The summed E-state index contributed by atoms with van der Waals surface area (Å²) in [6, 6.07) is 15.5. The number of carboxylic acid groups (broad SMARTS) is 1. The number of benzene rings is 2. The minimum atomic E-state index is -0.852. The highest BCUT2D eigenvalue weighted by Gasteiger charge is 2.16. The van der Waals surface area contributed by atoms with E-state index >= 15 is 0 Å². The molecule has 0 aromatic heterocycles. The zero-order chi connectivity index (χ0) is 19.1. The molecule has 1 aliphatic rings. The van der Waals surface area contributed by atoms with Gasteiger partial charge in [0.05, 0.1) is 6.21 Å². The summed E-state index contributed by atoms with van der Waals surface area (Å²) in [5.41, 5.74) is 3.29. The van der Waals surface area contributed by atoms with Gasteiger partial charge in [0, 0.05) is 41.4 Å². The van der Waals surface area contributed by atoms with E-state index in [0.717, 1.165) is 29.7 Å². The summed E-state index contributed by atoms with van der Waals surface area (Å²) in [6.07, 6.45) is 4.21. The standard InChI is InChI=1S/C21H21ClN2O3/c22-20-10-4-3-9-19(20)18-8-2-1-6-16(18)14-23-27-13-12-24-11-5-7-17(15-24)21(25)26/h1-4,6-10,14H,5,11-13,15H2,(H,25,26). The van der Waals surface area contributed by atoms with Crippen LogP contribution in [0.5, 0.6) is 0 Å². The third-order valence-corrected chi connectivity index (χ3v) is 4.72. The lowest BCUT2D eigenvalue weighted by molar-refractivity contribution is -0.133. The molecule has 0 aliphatic carbocycles. The van der Waals surface area contributed by atoms with E-state index in [1.165, 1.54) is 0 Å². The molecule has 0 bridgehead atoms. The molecular weight excluding hydrogens is 364 g/mol. The molecule has 1 aliphatic heterocycles. The van der Waals surface area contributed by atoms with Gasteiger partial charge < -0.3 is 9.94 Å². The van der Waals surface area contributed by atoms with Crippen molar-refractivity contribution in [3.05, 3.63) is 70.8 Å². The molecule has 5 nitrogen and oxygen atoms in total. The summed E-state index contributed by atoms with van der Waals surface area (Å²) in [7, 11) is 0. The molecule has 27 heavy (non-hydrogen) atoms. The first-order valence-corrected chi connectivity index (χ1v) is 9.17. The lowest BCUT2D eigenvalue weighted by Crippen LogP contribution is -2.34. The summed E-state index contributed by atoms with van der Waals surface area (Å²) in [4.78, 5) is 18.5. The predicted octanol–water partition coefficient (Wildman–Crippen LogP) is 4.07. The highest BCUT2D eigenvalue weighted by Crippen LogP contribution is 2.29. The maximum Gasteiger partial charge on any atom is 0.332 e. The van der Waals surface area contributed by atoms with Crippen LogP contribution in [0.1, 0.15) is 12.0 Å². The number of aliphatic carboxylic acids is 1. The molecule has 0 atom stereocenters. The van der Waals surface area contributed by atoms with Crippen LogP contribution in [0.4, 0.5) is 0 Å². The summed E-state index contributed by atoms with van der Waals surface area (Å²) in [6.45, 7) is 2.31. The summed E-state index contributed by atoms with van der Waals surface area (Å²) < 4.78 is 0. The van der Waals surface area contributed by atoms with E-state index < -0.39 is 5.97 Å². The van der Waals surface area contributed by atoms with Gasteiger partial charge in [0.25, 0.3) is 0 Å². The Morgan fingerprint density at radius 2 is 1.93 bits per heavy atom. The Morgan fingerprint density at radius 3 is 2.70 bits per heavy atom. The van der Waals surface area contributed by atoms with Gasteiger partial charge in [-0.3, -0.25) is 4.90 Å². The minimum absolute atomic E-state index is 0.400. The number of hydrogen-bond donors (Lipinski definition) is 1. The van der Waals surface area contributed by atoms with Crippen molar-refractivity contribution in [3.8, 4) is 11.1 Å². The number of nitrogens with zero attached hydrogens (tertiary/aromatic N) is 2. The highest BCUT2D eigenvalue weighted by atomic mass is 35.5. The van der Waals surface area contributed by atoms with Crippen LogP contribution in [0, 0.1) is 0 Å². The van der Waals surface area contributed by atoms with Crippen molar-refractivity contribution < 1.29 is 14.7 Å². The van der Waals surface area contributed by atoms with Crippen molar-refractivity contribution in [3.63, 3.8) is 0 Å². The largest absolute Gasteiger partial charge is 0.478 e. The zero-order valence-electron chi connectivity index (χ0n) is 14.8. The van der Waals surface area contributed by atoms with Crippen molar-refractivity contribution in [2.45, 2.75) is 6.42 Å². The highest BCUT2D eigenvalue weighted by molar-refractivity contribution is 6.33. The first-order chi connectivity index (χ1) is 13.1. The van der Waals surface area contributed by atoms with E-state index in [-0.39, 0.29) is 0 Å². The SMILES string of the molecule is O=C(O)C1=CCCN(CCON=Cc2ccccc2-c2ccccc2Cl)C1. The Morgan fingerprint density at radius 1 is 1.19 bits per heavy atom. The fraction of sp³-hybridized carbons (Fsp3) is 0.238. The second-order valence-electron chi connectivity index (χ2n) is 6.23. The molecule has 3 rings (SSSR count). The van der Waals surface area contributed by atoms with Gasteiger partial charge in [-0.25, -0.2) is 4.79 Å². The molecule has 1 N–H and O–H groups in total. The van der Waals surface area contributed by atoms with Gasteiger partial charge in [0.1, 0.15) is 6.61 Å². The predicted molar refractivity (Wildman–Crippen MR) is 107 cm³/mol. The fourth-order valence-corrected chi connectivity index (χ4v) is 3.24. The first kappa shape index (κ1) is 19.1. The van der Waals surface area contributed by atoms with Crippen LogP contribution < -0.4 is 0 Å². The van der Waals surface area contributed by atoms with Crippen LogP contribution in [0.3, 0.4) is 0 Å².